The van der Waals surface area contributed by atoms with Crippen LogP contribution in [0, 0.1) is 0 Å². The second kappa shape index (κ2) is 5.18. The highest BCUT2D eigenvalue weighted by Gasteiger charge is 2.15. The number of aliphatic carboxylic acids is 1. The number of hydrogen-bond donors (Lipinski definition) is 2. The second-order valence-electron chi connectivity index (χ2n) is 4.46. The fourth-order valence-electron chi connectivity index (χ4n) is 2.17. The number of carboxylic acids is 1. The summed E-state index contributed by atoms with van der Waals surface area (Å²) in [6.07, 6.45) is 1.89. The van der Waals surface area contributed by atoms with Crippen LogP contribution in [0.1, 0.15) is 17.9 Å². The molecule has 1 aromatic carbocycles. The number of aromatic nitrogens is 2. The van der Waals surface area contributed by atoms with Gasteiger partial charge >= 0.3 is 5.97 Å². The molecule has 1 unspecified atom stereocenters. The van der Waals surface area contributed by atoms with Crippen molar-refractivity contribution in [2.24, 2.45) is 7.05 Å². The zero-order chi connectivity index (χ0) is 13.1. The lowest BCUT2D eigenvalue weighted by Crippen LogP contribution is -2.19. The third-order valence-corrected chi connectivity index (χ3v) is 3.09. The van der Waals surface area contributed by atoms with Crippen LogP contribution in [0.5, 0.6) is 0 Å². The lowest BCUT2D eigenvalue weighted by atomic mass is 9.95. The topological polar surface area (TPSA) is 67.2 Å². The third kappa shape index (κ3) is 2.51. The Bertz CT molecular complexity index is 562. The molecule has 2 aromatic rings. The molecule has 18 heavy (non-hydrogen) atoms. The standard InChI is InChI=1S/C13H17N3O2/c1-14-7-10(6-13(17)18)9-3-4-12-11(5-9)15-8-16(12)2/h3-5,8,10,14H,6-7H2,1-2H3,(H,17,18). The summed E-state index contributed by atoms with van der Waals surface area (Å²) in [6, 6.07) is 5.94. The molecule has 2 rings (SSSR count). The molecule has 0 saturated carbocycles. The van der Waals surface area contributed by atoms with E-state index in [1.54, 1.807) is 6.33 Å². The van der Waals surface area contributed by atoms with Gasteiger partial charge in [-0.25, -0.2) is 4.98 Å². The van der Waals surface area contributed by atoms with Gasteiger partial charge < -0.3 is 15.0 Å². The van der Waals surface area contributed by atoms with Crippen LogP contribution in [0.3, 0.4) is 0 Å². The van der Waals surface area contributed by atoms with Crippen molar-refractivity contribution in [3.8, 4) is 0 Å². The fourth-order valence-corrected chi connectivity index (χ4v) is 2.17. The predicted molar refractivity (Wildman–Crippen MR) is 69.6 cm³/mol. The van der Waals surface area contributed by atoms with Gasteiger partial charge in [0.25, 0.3) is 0 Å². The number of fused-ring (bicyclic) bond motifs is 1. The molecule has 0 aliphatic heterocycles. The lowest BCUT2D eigenvalue weighted by Gasteiger charge is -2.14. The zero-order valence-corrected chi connectivity index (χ0v) is 10.6. The summed E-state index contributed by atoms with van der Waals surface area (Å²) in [5.41, 5.74) is 2.97. The third-order valence-electron chi connectivity index (χ3n) is 3.09. The molecule has 5 nitrogen and oxygen atoms in total. The molecule has 0 aliphatic rings. The second-order valence-corrected chi connectivity index (χ2v) is 4.46. The van der Waals surface area contributed by atoms with E-state index in [1.807, 2.05) is 36.9 Å². The number of hydrogen-bond acceptors (Lipinski definition) is 3. The molecule has 0 amide bonds. The number of aryl methyl sites for hydroxylation is 1. The molecule has 0 aliphatic carbocycles. The summed E-state index contributed by atoms with van der Waals surface area (Å²) >= 11 is 0. The Morgan fingerprint density at radius 3 is 3.00 bits per heavy atom. The van der Waals surface area contributed by atoms with Crippen LogP contribution in [0.2, 0.25) is 0 Å². The maximum Gasteiger partial charge on any atom is 0.304 e. The van der Waals surface area contributed by atoms with Gasteiger partial charge in [-0.1, -0.05) is 6.07 Å². The monoisotopic (exact) mass is 247 g/mol. The lowest BCUT2D eigenvalue weighted by molar-refractivity contribution is -0.137. The normalized spacial score (nSPS) is 12.8. The first-order valence-electron chi connectivity index (χ1n) is 5.89. The van der Waals surface area contributed by atoms with Crippen LogP contribution < -0.4 is 5.32 Å². The summed E-state index contributed by atoms with van der Waals surface area (Å²) in [6.45, 7) is 0.643. The molecule has 1 atom stereocenters. The summed E-state index contributed by atoms with van der Waals surface area (Å²) in [5, 5.41) is 12.0. The molecule has 1 aromatic heterocycles. The predicted octanol–water partition coefficient (Wildman–Crippen LogP) is 1.35. The molecule has 0 bridgehead atoms. The van der Waals surface area contributed by atoms with E-state index < -0.39 is 5.97 Å². The number of likely N-dealkylation sites (N-methyl/N-ethyl adjacent to an activating group) is 1. The van der Waals surface area contributed by atoms with E-state index in [0.29, 0.717) is 6.54 Å². The highest BCUT2D eigenvalue weighted by atomic mass is 16.4. The molecule has 96 valence electrons. The number of nitrogens with zero attached hydrogens (tertiary/aromatic N) is 2. The summed E-state index contributed by atoms with van der Waals surface area (Å²) in [4.78, 5) is 15.2. The van der Waals surface area contributed by atoms with Gasteiger partial charge in [0.05, 0.1) is 23.8 Å². The minimum Gasteiger partial charge on any atom is -0.481 e. The van der Waals surface area contributed by atoms with E-state index in [2.05, 4.69) is 10.3 Å². The Kier molecular flexibility index (Phi) is 3.62. The number of nitrogens with one attached hydrogen (secondary N) is 1. The summed E-state index contributed by atoms with van der Waals surface area (Å²) in [7, 11) is 3.77. The van der Waals surface area contributed by atoms with Gasteiger partial charge in [0.2, 0.25) is 0 Å². The summed E-state index contributed by atoms with van der Waals surface area (Å²) in [5.74, 6) is -0.810. The van der Waals surface area contributed by atoms with Crippen molar-refractivity contribution in [1.29, 1.82) is 0 Å². The van der Waals surface area contributed by atoms with E-state index in [1.165, 1.54) is 0 Å². The van der Waals surface area contributed by atoms with Crippen LogP contribution in [0.4, 0.5) is 0 Å². The molecule has 0 saturated heterocycles. The molecular formula is C13H17N3O2. The largest absolute Gasteiger partial charge is 0.481 e. The maximum absolute atomic E-state index is 10.9. The molecule has 0 spiro atoms. The minimum atomic E-state index is -0.781. The van der Waals surface area contributed by atoms with E-state index in [-0.39, 0.29) is 12.3 Å². The average Bonchev–Trinajstić information content (AvgIpc) is 2.70. The molecule has 1 heterocycles. The van der Waals surface area contributed by atoms with Gasteiger partial charge in [0.15, 0.2) is 0 Å². The van der Waals surface area contributed by atoms with E-state index >= 15 is 0 Å². The van der Waals surface area contributed by atoms with Crippen molar-refractivity contribution in [3.63, 3.8) is 0 Å². The highest BCUT2D eigenvalue weighted by molar-refractivity contribution is 5.76. The van der Waals surface area contributed by atoms with Crippen molar-refractivity contribution in [2.45, 2.75) is 12.3 Å². The SMILES string of the molecule is CNCC(CC(=O)O)c1ccc2c(c1)ncn2C. The first kappa shape index (κ1) is 12.6. The summed E-state index contributed by atoms with van der Waals surface area (Å²) < 4.78 is 1.95. The van der Waals surface area contributed by atoms with E-state index in [4.69, 9.17) is 5.11 Å². The van der Waals surface area contributed by atoms with Gasteiger partial charge in [0.1, 0.15) is 0 Å². The average molecular weight is 247 g/mol. The quantitative estimate of drug-likeness (QED) is 0.837. The van der Waals surface area contributed by atoms with Gasteiger partial charge in [0, 0.05) is 19.5 Å². The van der Waals surface area contributed by atoms with Gasteiger partial charge in [-0.15, -0.1) is 0 Å². The highest BCUT2D eigenvalue weighted by Crippen LogP contribution is 2.23. The molecule has 2 N–H and O–H groups in total. The first-order valence-corrected chi connectivity index (χ1v) is 5.89. The molecular weight excluding hydrogens is 230 g/mol. The van der Waals surface area contributed by atoms with Gasteiger partial charge in [-0.3, -0.25) is 4.79 Å². The number of imidazole rings is 1. The maximum atomic E-state index is 10.9. The minimum absolute atomic E-state index is 0.0288. The van der Waals surface area contributed by atoms with Crippen molar-refractivity contribution < 1.29 is 9.90 Å². The zero-order valence-electron chi connectivity index (χ0n) is 10.6. The van der Waals surface area contributed by atoms with Crippen molar-refractivity contribution in [1.82, 2.24) is 14.9 Å². The smallest absolute Gasteiger partial charge is 0.304 e. The van der Waals surface area contributed by atoms with Gasteiger partial charge in [-0.2, -0.15) is 0 Å². The van der Waals surface area contributed by atoms with Gasteiger partial charge in [-0.05, 0) is 24.7 Å². The number of rotatable bonds is 5. The van der Waals surface area contributed by atoms with Crippen LogP contribution in [0.25, 0.3) is 11.0 Å². The molecule has 0 radical (unpaired) electrons. The Labute approximate surface area is 105 Å². The fraction of sp³-hybridized carbons (Fsp3) is 0.385. The van der Waals surface area contributed by atoms with Crippen LogP contribution in [-0.2, 0) is 11.8 Å². The number of carbonyl (C=O) groups is 1. The van der Waals surface area contributed by atoms with E-state index in [0.717, 1.165) is 16.6 Å². The van der Waals surface area contributed by atoms with Crippen LogP contribution in [0.15, 0.2) is 24.5 Å². The van der Waals surface area contributed by atoms with Crippen LogP contribution >= 0.6 is 0 Å². The van der Waals surface area contributed by atoms with Crippen molar-refractivity contribution in [3.05, 3.63) is 30.1 Å². The Balaban J connectivity index is 2.34. The number of carboxylic acid groups (broad SMARTS) is 1. The Morgan fingerprint density at radius 2 is 2.33 bits per heavy atom. The van der Waals surface area contributed by atoms with Crippen molar-refractivity contribution in [2.75, 3.05) is 13.6 Å². The first-order chi connectivity index (χ1) is 8.61. The Hall–Kier alpha value is -1.88. The molecule has 0 fully saturated rings. The van der Waals surface area contributed by atoms with Crippen molar-refractivity contribution >= 4 is 17.0 Å². The van der Waals surface area contributed by atoms with E-state index in [9.17, 15) is 4.79 Å². The Morgan fingerprint density at radius 1 is 1.56 bits per heavy atom. The van der Waals surface area contributed by atoms with Crippen LogP contribution in [-0.4, -0.2) is 34.2 Å². The number of benzene rings is 1. The molecule has 5 heteroatoms.